The third-order valence-corrected chi connectivity index (χ3v) is 4.98. The van der Waals surface area contributed by atoms with Crippen LogP contribution in [-0.4, -0.2) is 37.3 Å². The van der Waals surface area contributed by atoms with Gasteiger partial charge in [-0.15, -0.1) is 0 Å². The molecular weight excluding hydrogens is 358 g/mol. The molecule has 1 fully saturated rings. The zero-order valence-corrected chi connectivity index (χ0v) is 17.5. The first kappa shape index (κ1) is 22.2. The summed E-state index contributed by atoms with van der Waals surface area (Å²) in [6, 6.07) is 5.07. The Morgan fingerprint density at radius 3 is 2.64 bits per heavy atom. The molecule has 2 rings (SSSR count). The zero-order chi connectivity index (χ0) is 20.6. The molecule has 0 heterocycles. The SMILES string of the molecule is CCCOc1ccc(NC(=O)[C@@]2(OCC)CCC[C@@H](C)C2)cc1C(=O)OCC. The van der Waals surface area contributed by atoms with Crippen molar-refractivity contribution in [2.24, 2.45) is 5.92 Å². The van der Waals surface area contributed by atoms with Crippen LogP contribution in [0.25, 0.3) is 0 Å². The number of benzene rings is 1. The summed E-state index contributed by atoms with van der Waals surface area (Å²) in [4.78, 5) is 25.4. The summed E-state index contributed by atoms with van der Waals surface area (Å²) < 4.78 is 16.7. The molecule has 0 unspecified atom stereocenters. The molecule has 6 nitrogen and oxygen atoms in total. The Balaban J connectivity index is 2.24. The van der Waals surface area contributed by atoms with Crippen LogP contribution in [0.3, 0.4) is 0 Å². The summed E-state index contributed by atoms with van der Waals surface area (Å²) in [5.41, 5.74) is 0.0400. The van der Waals surface area contributed by atoms with Crippen molar-refractivity contribution in [1.29, 1.82) is 0 Å². The van der Waals surface area contributed by atoms with Crippen molar-refractivity contribution >= 4 is 17.6 Å². The normalized spacial score (nSPS) is 21.8. The predicted octanol–water partition coefficient (Wildman–Crippen LogP) is 4.58. The van der Waals surface area contributed by atoms with Crippen LogP contribution in [-0.2, 0) is 14.3 Å². The lowest BCUT2D eigenvalue weighted by Crippen LogP contribution is -2.48. The molecular formula is C22H33NO5. The van der Waals surface area contributed by atoms with Crippen LogP contribution >= 0.6 is 0 Å². The van der Waals surface area contributed by atoms with Gasteiger partial charge in [-0.05, 0) is 63.6 Å². The highest BCUT2D eigenvalue weighted by Gasteiger charge is 2.42. The Kier molecular flexibility index (Phi) is 8.30. The first-order chi connectivity index (χ1) is 13.5. The van der Waals surface area contributed by atoms with E-state index in [-0.39, 0.29) is 12.5 Å². The van der Waals surface area contributed by atoms with Gasteiger partial charge in [-0.2, -0.15) is 0 Å². The largest absolute Gasteiger partial charge is 0.493 e. The molecule has 1 amide bonds. The van der Waals surface area contributed by atoms with Crippen LogP contribution in [0.1, 0.15) is 70.2 Å². The Morgan fingerprint density at radius 2 is 2.00 bits per heavy atom. The number of hydrogen-bond acceptors (Lipinski definition) is 5. The third kappa shape index (κ3) is 5.47. The molecule has 156 valence electrons. The van der Waals surface area contributed by atoms with E-state index in [9.17, 15) is 9.59 Å². The van der Waals surface area contributed by atoms with Crippen molar-refractivity contribution in [1.82, 2.24) is 0 Å². The lowest BCUT2D eigenvalue weighted by atomic mass is 9.78. The summed E-state index contributed by atoms with van der Waals surface area (Å²) >= 11 is 0. The van der Waals surface area contributed by atoms with Crippen LogP contribution in [0.15, 0.2) is 18.2 Å². The summed E-state index contributed by atoms with van der Waals surface area (Å²) in [5.74, 6) is 0.281. The number of carbonyl (C=O) groups excluding carboxylic acids is 2. The fourth-order valence-corrected chi connectivity index (χ4v) is 3.74. The second kappa shape index (κ2) is 10.5. The van der Waals surface area contributed by atoms with E-state index in [1.54, 1.807) is 25.1 Å². The lowest BCUT2D eigenvalue weighted by Gasteiger charge is -2.38. The fourth-order valence-electron chi connectivity index (χ4n) is 3.74. The average molecular weight is 392 g/mol. The number of nitrogens with one attached hydrogen (secondary N) is 1. The minimum atomic E-state index is -0.812. The van der Waals surface area contributed by atoms with Gasteiger partial charge in [0.15, 0.2) is 0 Å². The molecule has 1 aliphatic carbocycles. The van der Waals surface area contributed by atoms with Gasteiger partial charge in [-0.25, -0.2) is 4.79 Å². The Morgan fingerprint density at radius 1 is 1.21 bits per heavy atom. The zero-order valence-electron chi connectivity index (χ0n) is 17.5. The molecule has 28 heavy (non-hydrogen) atoms. The van der Waals surface area contributed by atoms with Crippen LogP contribution < -0.4 is 10.1 Å². The summed E-state index contributed by atoms with van der Waals surface area (Å²) in [6.07, 6.45) is 4.31. The minimum absolute atomic E-state index is 0.155. The van der Waals surface area contributed by atoms with E-state index in [1.807, 2.05) is 13.8 Å². The van der Waals surface area contributed by atoms with Crippen molar-refractivity contribution in [2.75, 3.05) is 25.1 Å². The second-order valence-electron chi connectivity index (χ2n) is 7.36. The highest BCUT2D eigenvalue weighted by atomic mass is 16.5. The van der Waals surface area contributed by atoms with Gasteiger partial charge in [0.1, 0.15) is 16.9 Å². The molecule has 2 atom stereocenters. The first-order valence-corrected chi connectivity index (χ1v) is 10.3. The fraction of sp³-hybridized carbons (Fsp3) is 0.636. The molecule has 0 saturated heterocycles. The van der Waals surface area contributed by atoms with E-state index in [1.165, 1.54) is 0 Å². The lowest BCUT2D eigenvalue weighted by molar-refractivity contribution is -0.147. The van der Waals surface area contributed by atoms with Crippen LogP contribution in [0.2, 0.25) is 0 Å². The van der Waals surface area contributed by atoms with Crippen molar-refractivity contribution < 1.29 is 23.8 Å². The Hall–Kier alpha value is -2.08. The minimum Gasteiger partial charge on any atom is -0.493 e. The smallest absolute Gasteiger partial charge is 0.341 e. The van der Waals surface area contributed by atoms with Crippen LogP contribution in [0, 0.1) is 5.92 Å². The van der Waals surface area contributed by atoms with E-state index in [0.717, 1.165) is 19.3 Å². The number of esters is 1. The number of hydrogen-bond donors (Lipinski definition) is 1. The van der Waals surface area contributed by atoms with E-state index in [0.29, 0.717) is 49.0 Å². The molecule has 1 saturated carbocycles. The maximum Gasteiger partial charge on any atom is 0.341 e. The summed E-state index contributed by atoms with van der Waals surface area (Å²) in [7, 11) is 0. The molecule has 0 radical (unpaired) electrons. The van der Waals surface area contributed by atoms with Crippen molar-refractivity contribution in [3.05, 3.63) is 23.8 Å². The summed E-state index contributed by atoms with van der Waals surface area (Å²) in [5, 5.41) is 2.95. The monoisotopic (exact) mass is 391 g/mol. The van der Waals surface area contributed by atoms with Gasteiger partial charge in [-0.3, -0.25) is 4.79 Å². The van der Waals surface area contributed by atoms with Gasteiger partial charge >= 0.3 is 5.97 Å². The van der Waals surface area contributed by atoms with E-state index in [4.69, 9.17) is 14.2 Å². The molecule has 0 spiro atoms. The Labute approximate surface area is 167 Å². The van der Waals surface area contributed by atoms with E-state index >= 15 is 0 Å². The van der Waals surface area contributed by atoms with Crippen molar-refractivity contribution in [3.8, 4) is 5.75 Å². The number of carbonyl (C=O) groups is 2. The third-order valence-electron chi connectivity index (χ3n) is 4.98. The maximum atomic E-state index is 13.1. The van der Waals surface area contributed by atoms with E-state index < -0.39 is 11.6 Å². The highest BCUT2D eigenvalue weighted by Crippen LogP contribution is 2.36. The van der Waals surface area contributed by atoms with Gasteiger partial charge in [0.25, 0.3) is 5.91 Å². The van der Waals surface area contributed by atoms with Gasteiger partial charge in [0.2, 0.25) is 0 Å². The summed E-state index contributed by atoms with van der Waals surface area (Å²) in [6.45, 7) is 9.07. The second-order valence-corrected chi connectivity index (χ2v) is 7.36. The molecule has 0 aliphatic heterocycles. The topological polar surface area (TPSA) is 73.9 Å². The van der Waals surface area contributed by atoms with Gasteiger partial charge < -0.3 is 19.5 Å². The first-order valence-electron chi connectivity index (χ1n) is 10.3. The number of amides is 1. The molecule has 1 N–H and O–H groups in total. The average Bonchev–Trinajstić information content (AvgIpc) is 2.67. The molecule has 1 aromatic rings. The molecule has 6 heteroatoms. The molecule has 0 bridgehead atoms. The molecule has 1 aromatic carbocycles. The number of anilines is 1. The number of rotatable bonds is 9. The van der Waals surface area contributed by atoms with Gasteiger partial charge in [-0.1, -0.05) is 20.3 Å². The predicted molar refractivity (Wildman–Crippen MR) is 109 cm³/mol. The van der Waals surface area contributed by atoms with Gasteiger partial charge in [0, 0.05) is 12.3 Å². The molecule has 0 aromatic heterocycles. The van der Waals surface area contributed by atoms with E-state index in [2.05, 4.69) is 12.2 Å². The number of ether oxygens (including phenoxy) is 3. The van der Waals surface area contributed by atoms with Crippen LogP contribution in [0.5, 0.6) is 5.75 Å². The van der Waals surface area contributed by atoms with Crippen LogP contribution in [0.4, 0.5) is 5.69 Å². The highest BCUT2D eigenvalue weighted by molar-refractivity contribution is 5.99. The standard InChI is InChI=1S/C22H33NO5/c1-5-13-27-19-11-10-17(14-18(19)20(24)26-6-2)23-21(25)22(28-7-3)12-8-9-16(4)15-22/h10-11,14,16H,5-9,12-13,15H2,1-4H3,(H,23,25)/t16-,22-/m1/s1. The van der Waals surface area contributed by atoms with Crippen molar-refractivity contribution in [2.45, 2.75) is 65.4 Å². The maximum absolute atomic E-state index is 13.1. The quantitative estimate of drug-likeness (QED) is 0.624. The van der Waals surface area contributed by atoms with Gasteiger partial charge in [0.05, 0.1) is 13.2 Å². The van der Waals surface area contributed by atoms with Crippen molar-refractivity contribution in [3.63, 3.8) is 0 Å². The Bertz CT molecular complexity index is 671. The molecule has 1 aliphatic rings.